The number of nitrogen functional groups attached to an aromatic ring is 1. The number of carbonyl (C=O) groups excluding carboxylic acids is 1. The number of nitrogens with two attached hydrogens (primary N) is 1. The minimum atomic E-state index is -0.337. The summed E-state index contributed by atoms with van der Waals surface area (Å²) < 4.78 is 7.20. The minimum absolute atomic E-state index is 0.105. The smallest absolute Gasteiger partial charge is 0.237 e. The highest BCUT2D eigenvalue weighted by Crippen LogP contribution is 2.28. The molecule has 1 unspecified atom stereocenters. The molecule has 3 N–H and O–H groups in total. The number of nitrogens with zero attached hydrogens (tertiary/aromatic N) is 3. The van der Waals surface area contributed by atoms with Gasteiger partial charge in [-0.25, -0.2) is 0 Å². The Kier molecular flexibility index (Phi) is 6.20. The highest BCUT2D eigenvalue weighted by Gasteiger charge is 2.20. The fourth-order valence-electron chi connectivity index (χ4n) is 2.64. The summed E-state index contributed by atoms with van der Waals surface area (Å²) in [5.41, 5.74) is 7.99. The number of rotatable bonds is 7. The highest BCUT2D eigenvalue weighted by molar-refractivity contribution is 8.00. The van der Waals surface area contributed by atoms with Crippen LogP contribution < -0.4 is 15.8 Å². The van der Waals surface area contributed by atoms with Gasteiger partial charge < -0.3 is 20.4 Å². The third-order valence-corrected chi connectivity index (χ3v) is 5.29. The normalized spacial score (nSPS) is 11.8. The molecule has 1 amide bonds. The Hall–Kier alpha value is -3.00. The maximum Gasteiger partial charge on any atom is 0.237 e. The van der Waals surface area contributed by atoms with Gasteiger partial charge in [0.15, 0.2) is 11.0 Å². The number of ether oxygens (including phenoxy) is 1. The van der Waals surface area contributed by atoms with Crippen LogP contribution in [0.1, 0.15) is 13.8 Å². The number of benzene rings is 2. The van der Waals surface area contributed by atoms with Crippen molar-refractivity contribution in [2.45, 2.75) is 30.8 Å². The van der Waals surface area contributed by atoms with Gasteiger partial charge >= 0.3 is 0 Å². The molecule has 3 rings (SSSR count). The summed E-state index contributed by atoms with van der Waals surface area (Å²) in [6, 6.07) is 14.7. The number of carbonyl (C=O) groups is 1. The van der Waals surface area contributed by atoms with Crippen LogP contribution in [0.25, 0.3) is 11.4 Å². The molecule has 0 radical (unpaired) electrons. The Morgan fingerprint density at radius 2 is 1.86 bits per heavy atom. The Balaban J connectivity index is 1.73. The molecule has 0 aliphatic rings. The van der Waals surface area contributed by atoms with Crippen LogP contribution in [0.2, 0.25) is 0 Å². The highest BCUT2D eigenvalue weighted by atomic mass is 32.2. The minimum Gasteiger partial charge on any atom is -0.497 e. The average molecular weight is 398 g/mol. The molecule has 146 valence electrons. The summed E-state index contributed by atoms with van der Waals surface area (Å²) in [5, 5.41) is 11.9. The van der Waals surface area contributed by atoms with Crippen molar-refractivity contribution in [3.05, 3.63) is 48.5 Å². The van der Waals surface area contributed by atoms with Crippen molar-refractivity contribution < 1.29 is 9.53 Å². The van der Waals surface area contributed by atoms with Gasteiger partial charge in [-0.05, 0) is 62.4 Å². The van der Waals surface area contributed by atoms with Gasteiger partial charge in [0.2, 0.25) is 5.91 Å². The van der Waals surface area contributed by atoms with Crippen LogP contribution in [-0.4, -0.2) is 33.0 Å². The zero-order chi connectivity index (χ0) is 20.1. The summed E-state index contributed by atoms with van der Waals surface area (Å²) in [4.78, 5) is 12.5. The molecule has 0 aliphatic heterocycles. The van der Waals surface area contributed by atoms with E-state index in [1.165, 1.54) is 11.8 Å². The van der Waals surface area contributed by atoms with E-state index in [2.05, 4.69) is 15.5 Å². The van der Waals surface area contributed by atoms with Crippen LogP contribution in [0, 0.1) is 0 Å². The first-order valence-electron chi connectivity index (χ1n) is 8.92. The van der Waals surface area contributed by atoms with Crippen molar-refractivity contribution in [3.8, 4) is 17.1 Å². The summed E-state index contributed by atoms with van der Waals surface area (Å²) in [5.74, 6) is 1.44. The van der Waals surface area contributed by atoms with Crippen LogP contribution in [0.15, 0.2) is 53.7 Å². The first-order valence-corrected chi connectivity index (χ1v) is 9.80. The molecule has 0 saturated carbocycles. The average Bonchev–Trinajstić information content (AvgIpc) is 3.12. The third-order valence-electron chi connectivity index (χ3n) is 4.21. The Bertz CT molecular complexity index is 938. The Morgan fingerprint density at radius 3 is 2.46 bits per heavy atom. The van der Waals surface area contributed by atoms with Gasteiger partial charge in [-0.15, -0.1) is 10.2 Å². The lowest BCUT2D eigenvalue weighted by Gasteiger charge is -2.13. The van der Waals surface area contributed by atoms with E-state index >= 15 is 0 Å². The first kappa shape index (κ1) is 19.8. The zero-order valence-corrected chi connectivity index (χ0v) is 16.9. The number of hydrogen-bond acceptors (Lipinski definition) is 6. The fourth-order valence-corrected chi connectivity index (χ4v) is 3.55. The lowest BCUT2D eigenvalue weighted by molar-refractivity contribution is -0.115. The Labute approximate surface area is 168 Å². The van der Waals surface area contributed by atoms with Crippen molar-refractivity contribution in [1.29, 1.82) is 0 Å². The van der Waals surface area contributed by atoms with E-state index in [0.717, 1.165) is 17.1 Å². The first-order chi connectivity index (χ1) is 13.5. The molecule has 7 nitrogen and oxygen atoms in total. The topological polar surface area (TPSA) is 95.1 Å². The standard InChI is InChI=1S/C20H23N5O2S/c1-4-25-18(14-5-11-17(27-3)12-6-14)23-24-20(25)28-13(2)19(26)22-16-9-7-15(21)8-10-16/h5-13H,4,21H2,1-3H3,(H,22,26). The second-order valence-electron chi connectivity index (χ2n) is 6.15. The van der Waals surface area contributed by atoms with Gasteiger partial charge in [-0.2, -0.15) is 0 Å². The molecule has 1 heterocycles. The largest absolute Gasteiger partial charge is 0.497 e. The van der Waals surface area contributed by atoms with E-state index in [0.29, 0.717) is 23.1 Å². The molecule has 0 fully saturated rings. The van der Waals surface area contributed by atoms with Crippen LogP contribution in [0.3, 0.4) is 0 Å². The molecule has 0 aliphatic carbocycles. The molecule has 28 heavy (non-hydrogen) atoms. The van der Waals surface area contributed by atoms with Gasteiger partial charge in [-0.3, -0.25) is 4.79 Å². The van der Waals surface area contributed by atoms with Crippen molar-refractivity contribution in [3.63, 3.8) is 0 Å². The lowest BCUT2D eigenvalue weighted by Crippen LogP contribution is -2.23. The van der Waals surface area contributed by atoms with E-state index in [9.17, 15) is 4.79 Å². The quantitative estimate of drug-likeness (QED) is 0.466. The monoisotopic (exact) mass is 397 g/mol. The van der Waals surface area contributed by atoms with E-state index < -0.39 is 0 Å². The molecule has 2 aromatic carbocycles. The second kappa shape index (κ2) is 8.79. The SMILES string of the molecule is CCn1c(SC(C)C(=O)Nc2ccc(N)cc2)nnc1-c1ccc(OC)cc1. The molecular weight excluding hydrogens is 374 g/mol. The van der Waals surface area contributed by atoms with Crippen molar-refractivity contribution in [2.24, 2.45) is 0 Å². The predicted octanol–water partition coefficient (Wildman–Crippen LogP) is 3.68. The maximum atomic E-state index is 12.5. The summed E-state index contributed by atoms with van der Waals surface area (Å²) in [6.07, 6.45) is 0. The number of methoxy groups -OCH3 is 1. The van der Waals surface area contributed by atoms with Crippen molar-refractivity contribution >= 4 is 29.0 Å². The maximum absolute atomic E-state index is 12.5. The number of thioether (sulfide) groups is 1. The molecule has 8 heteroatoms. The number of aromatic nitrogens is 3. The van der Waals surface area contributed by atoms with Gasteiger partial charge in [0.25, 0.3) is 0 Å². The second-order valence-corrected chi connectivity index (χ2v) is 7.46. The Morgan fingerprint density at radius 1 is 1.18 bits per heavy atom. The van der Waals surface area contributed by atoms with Crippen molar-refractivity contribution in [2.75, 3.05) is 18.2 Å². The van der Waals surface area contributed by atoms with Gasteiger partial charge in [0.05, 0.1) is 12.4 Å². The van der Waals surface area contributed by atoms with Crippen LogP contribution in [-0.2, 0) is 11.3 Å². The zero-order valence-electron chi connectivity index (χ0n) is 16.0. The van der Waals surface area contributed by atoms with Crippen LogP contribution in [0.4, 0.5) is 11.4 Å². The summed E-state index contributed by atoms with van der Waals surface area (Å²) in [7, 11) is 1.63. The summed E-state index contributed by atoms with van der Waals surface area (Å²) in [6.45, 7) is 4.57. The molecule has 3 aromatic rings. The molecule has 1 aromatic heterocycles. The summed E-state index contributed by atoms with van der Waals surface area (Å²) >= 11 is 1.38. The van der Waals surface area contributed by atoms with E-state index in [-0.39, 0.29) is 11.2 Å². The predicted molar refractivity (Wildman–Crippen MR) is 112 cm³/mol. The van der Waals surface area contributed by atoms with Gasteiger partial charge in [0.1, 0.15) is 5.75 Å². The number of nitrogens with one attached hydrogen (secondary N) is 1. The fraction of sp³-hybridized carbons (Fsp3) is 0.250. The van der Waals surface area contributed by atoms with Gasteiger partial charge in [-0.1, -0.05) is 11.8 Å². The number of hydrogen-bond donors (Lipinski definition) is 2. The van der Waals surface area contributed by atoms with E-state index in [4.69, 9.17) is 10.5 Å². The molecule has 0 bridgehead atoms. The van der Waals surface area contributed by atoms with Crippen LogP contribution in [0.5, 0.6) is 5.75 Å². The molecule has 0 saturated heterocycles. The van der Waals surface area contributed by atoms with E-state index in [1.807, 2.05) is 42.7 Å². The molecule has 0 spiro atoms. The molecular formula is C20H23N5O2S. The third kappa shape index (κ3) is 4.45. The molecule has 1 atom stereocenters. The van der Waals surface area contributed by atoms with Crippen molar-refractivity contribution in [1.82, 2.24) is 14.8 Å². The van der Waals surface area contributed by atoms with E-state index in [1.54, 1.807) is 31.4 Å². The lowest BCUT2D eigenvalue weighted by atomic mass is 10.2. The number of anilines is 2. The van der Waals surface area contributed by atoms with Crippen LogP contribution >= 0.6 is 11.8 Å². The van der Waals surface area contributed by atoms with Gasteiger partial charge in [0, 0.05) is 23.5 Å². The number of amides is 1.